The van der Waals surface area contributed by atoms with Gasteiger partial charge in [0.05, 0.1) is 0 Å². The average Bonchev–Trinajstić information content (AvgIpc) is 2.72. The molecule has 0 aromatic carbocycles. The maximum Gasteiger partial charge on any atom is 0.207 e. The Morgan fingerprint density at radius 1 is 1.54 bits per heavy atom. The monoisotopic (exact) mass is 215 g/mol. The minimum atomic E-state index is 0.0347. The SMILES string of the molecule is CC(c1nnc(Cl)s1)n1cncn1. The van der Waals surface area contributed by atoms with Crippen molar-refractivity contribution in [2.24, 2.45) is 0 Å². The molecule has 0 saturated carbocycles. The summed E-state index contributed by atoms with van der Waals surface area (Å²) < 4.78 is 2.15. The van der Waals surface area contributed by atoms with Gasteiger partial charge in [0.15, 0.2) is 0 Å². The molecule has 0 aliphatic carbocycles. The van der Waals surface area contributed by atoms with Crippen molar-refractivity contribution in [3.8, 4) is 0 Å². The molecule has 1 atom stereocenters. The van der Waals surface area contributed by atoms with E-state index in [4.69, 9.17) is 11.6 Å². The van der Waals surface area contributed by atoms with Gasteiger partial charge in [-0.2, -0.15) is 5.10 Å². The minimum Gasteiger partial charge on any atom is -0.243 e. The second kappa shape index (κ2) is 3.39. The summed E-state index contributed by atoms with van der Waals surface area (Å²) in [6.45, 7) is 1.96. The fourth-order valence-corrected chi connectivity index (χ4v) is 1.80. The summed E-state index contributed by atoms with van der Waals surface area (Å²) in [5.41, 5.74) is 0. The molecule has 0 aliphatic rings. The molecule has 0 bridgehead atoms. The zero-order valence-electron chi connectivity index (χ0n) is 6.75. The summed E-state index contributed by atoms with van der Waals surface area (Å²) in [6, 6.07) is 0.0347. The Kier molecular flexibility index (Phi) is 2.24. The largest absolute Gasteiger partial charge is 0.243 e. The summed E-state index contributed by atoms with van der Waals surface area (Å²) >= 11 is 7.01. The van der Waals surface area contributed by atoms with Crippen LogP contribution in [0, 0.1) is 0 Å². The summed E-state index contributed by atoms with van der Waals surface area (Å²) in [5, 5.41) is 12.5. The standard InChI is InChI=1S/C6H6ClN5S/c1-4(12-3-8-2-9-12)5-10-11-6(7)13-5/h2-4H,1H3. The van der Waals surface area contributed by atoms with Crippen LogP contribution in [-0.2, 0) is 0 Å². The van der Waals surface area contributed by atoms with E-state index in [2.05, 4.69) is 20.3 Å². The first kappa shape index (κ1) is 8.58. The van der Waals surface area contributed by atoms with Crippen molar-refractivity contribution >= 4 is 22.9 Å². The van der Waals surface area contributed by atoms with E-state index >= 15 is 0 Å². The van der Waals surface area contributed by atoms with E-state index in [1.165, 1.54) is 17.7 Å². The number of hydrogen-bond donors (Lipinski definition) is 0. The predicted molar refractivity (Wildman–Crippen MR) is 48.8 cm³/mol. The van der Waals surface area contributed by atoms with E-state index in [1.54, 1.807) is 11.0 Å². The normalized spacial score (nSPS) is 13.1. The molecule has 13 heavy (non-hydrogen) atoms. The number of nitrogens with zero attached hydrogens (tertiary/aromatic N) is 5. The highest BCUT2D eigenvalue weighted by molar-refractivity contribution is 7.15. The third-order valence-corrected chi connectivity index (χ3v) is 2.80. The van der Waals surface area contributed by atoms with Gasteiger partial charge in [-0.1, -0.05) is 11.3 Å². The van der Waals surface area contributed by atoms with E-state index in [9.17, 15) is 0 Å². The molecule has 68 valence electrons. The van der Waals surface area contributed by atoms with Crippen LogP contribution < -0.4 is 0 Å². The third kappa shape index (κ3) is 1.68. The predicted octanol–water partition coefficient (Wildman–Crippen LogP) is 1.39. The molecule has 0 saturated heterocycles. The quantitative estimate of drug-likeness (QED) is 0.760. The molecule has 2 aromatic heterocycles. The van der Waals surface area contributed by atoms with Crippen molar-refractivity contribution in [3.05, 3.63) is 22.1 Å². The number of halogens is 1. The van der Waals surface area contributed by atoms with E-state index in [-0.39, 0.29) is 6.04 Å². The lowest BCUT2D eigenvalue weighted by molar-refractivity contribution is 0.556. The third-order valence-electron chi connectivity index (χ3n) is 1.61. The van der Waals surface area contributed by atoms with Crippen LogP contribution in [0.3, 0.4) is 0 Å². The zero-order valence-corrected chi connectivity index (χ0v) is 8.33. The van der Waals surface area contributed by atoms with Crippen molar-refractivity contribution in [2.75, 3.05) is 0 Å². The van der Waals surface area contributed by atoms with Crippen LogP contribution in [0.15, 0.2) is 12.7 Å². The molecule has 0 radical (unpaired) electrons. The van der Waals surface area contributed by atoms with Gasteiger partial charge in [-0.05, 0) is 18.5 Å². The van der Waals surface area contributed by atoms with Crippen molar-refractivity contribution in [1.29, 1.82) is 0 Å². The molecule has 0 spiro atoms. The van der Waals surface area contributed by atoms with E-state index in [1.807, 2.05) is 6.92 Å². The lowest BCUT2D eigenvalue weighted by Gasteiger charge is -2.05. The van der Waals surface area contributed by atoms with Gasteiger partial charge in [0.1, 0.15) is 23.7 Å². The second-order valence-corrected chi connectivity index (χ2v) is 4.04. The maximum absolute atomic E-state index is 5.67. The summed E-state index contributed by atoms with van der Waals surface area (Å²) in [5.74, 6) is 0. The summed E-state index contributed by atoms with van der Waals surface area (Å²) in [7, 11) is 0. The van der Waals surface area contributed by atoms with Crippen molar-refractivity contribution in [2.45, 2.75) is 13.0 Å². The Morgan fingerprint density at radius 3 is 2.92 bits per heavy atom. The lowest BCUT2D eigenvalue weighted by atomic mass is 10.4. The molecule has 2 rings (SSSR count). The van der Waals surface area contributed by atoms with Crippen LogP contribution in [0.5, 0.6) is 0 Å². The first-order chi connectivity index (χ1) is 6.27. The van der Waals surface area contributed by atoms with Gasteiger partial charge < -0.3 is 0 Å². The second-order valence-electron chi connectivity index (χ2n) is 2.44. The Labute approximate surface area is 83.4 Å². The van der Waals surface area contributed by atoms with Crippen LogP contribution in [0.1, 0.15) is 18.0 Å². The summed E-state index contributed by atoms with van der Waals surface area (Å²) in [4.78, 5) is 3.85. The molecular weight excluding hydrogens is 210 g/mol. The van der Waals surface area contributed by atoms with E-state index < -0.39 is 0 Å². The highest BCUT2D eigenvalue weighted by Gasteiger charge is 2.13. The van der Waals surface area contributed by atoms with Crippen LogP contribution >= 0.6 is 22.9 Å². The highest BCUT2D eigenvalue weighted by Crippen LogP contribution is 2.22. The van der Waals surface area contributed by atoms with Gasteiger partial charge in [0, 0.05) is 0 Å². The first-order valence-electron chi connectivity index (χ1n) is 3.60. The van der Waals surface area contributed by atoms with Crippen LogP contribution in [0.2, 0.25) is 4.47 Å². The van der Waals surface area contributed by atoms with Crippen LogP contribution in [0.25, 0.3) is 0 Å². The molecule has 2 aromatic rings. The maximum atomic E-state index is 5.67. The fourth-order valence-electron chi connectivity index (χ4n) is 0.915. The van der Waals surface area contributed by atoms with Crippen molar-refractivity contribution in [3.63, 3.8) is 0 Å². The summed E-state index contributed by atoms with van der Waals surface area (Å²) in [6.07, 6.45) is 3.12. The minimum absolute atomic E-state index is 0.0347. The van der Waals surface area contributed by atoms with Gasteiger partial charge in [-0.3, -0.25) is 0 Å². The van der Waals surface area contributed by atoms with Gasteiger partial charge >= 0.3 is 0 Å². The highest BCUT2D eigenvalue weighted by atomic mass is 35.5. The average molecular weight is 216 g/mol. The molecule has 0 fully saturated rings. The molecule has 1 unspecified atom stereocenters. The first-order valence-corrected chi connectivity index (χ1v) is 4.80. The number of rotatable bonds is 2. The molecule has 7 heteroatoms. The Hall–Kier alpha value is -1.01. The van der Waals surface area contributed by atoms with Crippen molar-refractivity contribution in [1.82, 2.24) is 25.0 Å². The van der Waals surface area contributed by atoms with E-state index in [0.717, 1.165) is 5.01 Å². The van der Waals surface area contributed by atoms with Crippen molar-refractivity contribution < 1.29 is 0 Å². The molecule has 0 N–H and O–H groups in total. The topological polar surface area (TPSA) is 56.5 Å². The molecule has 2 heterocycles. The van der Waals surface area contributed by atoms with Gasteiger partial charge in [-0.15, -0.1) is 10.2 Å². The van der Waals surface area contributed by atoms with E-state index in [0.29, 0.717) is 4.47 Å². The lowest BCUT2D eigenvalue weighted by Crippen LogP contribution is -2.06. The number of hydrogen-bond acceptors (Lipinski definition) is 5. The fraction of sp³-hybridized carbons (Fsp3) is 0.333. The van der Waals surface area contributed by atoms with Gasteiger partial charge in [0.2, 0.25) is 4.47 Å². The zero-order chi connectivity index (χ0) is 9.26. The van der Waals surface area contributed by atoms with Crippen LogP contribution in [0.4, 0.5) is 0 Å². The Morgan fingerprint density at radius 2 is 2.38 bits per heavy atom. The molecule has 0 amide bonds. The number of aromatic nitrogens is 5. The van der Waals surface area contributed by atoms with Gasteiger partial charge in [0.25, 0.3) is 0 Å². The van der Waals surface area contributed by atoms with Gasteiger partial charge in [-0.25, -0.2) is 9.67 Å². The Bertz CT molecular complexity index is 383. The molecule has 5 nitrogen and oxygen atoms in total. The Balaban J connectivity index is 2.28. The molecule has 0 aliphatic heterocycles. The van der Waals surface area contributed by atoms with Crippen LogP contribution in [-0.4, -0.2) is 25.0 Å². The molecular formula is C6H6ClN5S. The smallest absolute Gasteiger partial charge is 0.207 e.